The van der Waals surface area contributed by atoms with Gasteiger partial charge in [0.05, 0.1) is 29.2 Å². The summed E-state index contributed by atoms with van der Waals surface area (Å²) >= 11 is 0. The summed E-state index contributed by atoms with van der Waals surface area (Å²) in [6.45, 7) is 2.20. The Morgan fingerprint density at radius 3 is 2.62 bits per heavy atom. The first-order valence-corrected chi connectivity index (χ1v) is 14.2. The maximum atomic E-state index is 14.4. The Morgan fingerprint density at radius 1 is 1.10 bits per heavy atom. The van der Waals surface area contributed by atoms with Crippen molar-refractivity contribution in [3.63, 3.8) is 0 Å². The van der Waals surface area contributed by atoms with Gasteiger partial charge in [-0.3, -0.25) is 14.5 Å². The number of carbonyl (C=O) groups is 1. The van der Waals surface area contributed by atoms with E-state index in [-0.39, 0.29) is 36.1 Å². The fraction of sp³-hybridized carbons (Fsp3) is 0.286. The number of rotatable bonds is 6. The van der Waals surface area contributed by atoms with Crippen molar-refractivity contribution in [2.75, 3.05) is 13.1 Å². The van der Waals surface area contributed by atoms with E-state index in [1.54, 1.807) is 42.3 Å². The van der Waals surface area contributed by atoms with Crippen LogP contribution in [-0.4, -0.2) is 56.1 Å². The van der Waals surface area contributed by atoms with Crippen molar-refractivity contribution in [1.29, 1.82) is 0 Å². The van der Waals surface area contributed by atoms with E-state index in [2.05, 4.69) is 15.2 Å². The molecule has 1 fully saturated rings. The maximum Gasteiger partial charge on any atom is 0.260 e. The van der Waals surface area contributed by atoms with Crippen LogP contribution in [-0.2, 0) is 29.9 Å². The summed E-state index contributed by atoms with van der Waals surface area (Å²) in [5.41, 5.74) is 3.29. The molecular formula is C28H27FN6O3S. The summed E-state index contributed by atoms with van der Waals surface area (Å²) < 4.78 is 45.4. The minimum Gasteiger partial charge on any atom is -0.291 e. The first-order valence-electron chi connectivity index (χ1n) is 12.7. The number of nitrogens with zero attached hydrogens (tertiary/aromatic N) is 6. The van der Waals surface area contributed by atoms with Gasteiger partial charge in [0.2, 0.25) is 0 Å². The first-order chi connectivity index (χ1) is 18.7. The van der Waals surface area contributed by atoms with Crippen molar-refractivity contribution in [3.05, 3.63) is 95.0 Å². The molecule has 9 nitrogen and oxygen atoms in total. The number of hydrogen-bond donors (Lipinski definition) is 0. The number of ketones is 1. The van der Waals surface area contributed by atoms with Crippen LogP contribution < -0.4 is 0 Å². The van der Waals surface area contributed by atoms with Gasteiger partial charge < -0.3 is 0 Å². The molecular weight excluding hydrogens is 519 g/mol. The number of sulfonamides is 1. The van der Waals surface area contributed by atoms with E-state index < -0.39 is 15.4 Å². The van der Waals surface area contributed by atoms with Crippen molar-refractivity contribution in [1.82, 2.24) is 28.9 Å². The van der Waals surface area contributed by atoms with Crippen molar-refractivity contribution in [2.45, 2.75) is 31.2 Å². The Morgan fingerprint density at radius 2 is 1.90 bits per heavy atom. The number of Topliss-reactive ketones (excluding diaryl/α,β-unsaturated/α-hetero) is 1. The van der Waals surface area contributed by atoms with Crippen molar-refractivity contribution in [2.24, 2.45) is 12.5 Å². The van der Waals surface area contributed by atoms with Gasteiger partial charge in [-0.1, -0.05) is 12.5 Å². The van der Waals surface area contributed by atoms with Crippen LogP contribution in [0.15, 0.2) is 71.7 Å². The summed E-state index contributed by atoms with van der Waals surface area (Å²) in [7, 11) is -2.32. The van der Waals surface area contributed by atoms with Gasteiger partial charge in [-0.05, 0) is 78.9 Å². The molecule has 3 aromatic heterocycles. The van der Waals surface area contributed by atoms with E-state index in [9.17, 15) is 17.6 Å². The molecule has 0 unspecified atom stereocenters. The lowest BCUT2D eigenvalue weighted by molar-refractivity contribution is 0.0769. The molecule has 0 saturated carbocycles. The second kappa shape index (κ2) is 9.35. The Hall–Kier alpha value is -3.96. The molecule has 4 aromatic rings. The Bertz CT molecular complexity index is 1720. The van der Waals surface area contributed by atoms with E-state index in [0.717, 1.165) is 28.8 Å². The summed E-state index contributed by atoms with van der Waals surface area (Å²) in [5, 5.41) is 8.65. The van der Waals surface area contributed by atoms with Crippen LogP contribution in [0.3, 0.4) is 0 Å². The highest BCUT2D eigenvalue weighted by atomic mass is 32.2. The van der Waals surface area contributed by atoms with Crippen LogP contribution in [0.1, 0.15) is 40.7 Å². The Balaban J connectivity index is 1.47. The third-order valence-electron chi connectivity index (χ3n) is 7.73. The second-order valence-electron chi connectivity index (χ2n) is 9.99. The average Bonchev–Trinajstić information content (AvgIpc) is 3.57. The zero-order valence-electron chi connectivity index (χ0n) is 21.6. The van der Waals surface area contributed by atoms with Gasteiger partial charge in [-0.15, -0.1) is 0 Å². The SMILES string of the molecule is CCc1ccnc(C(=O)[C@]23Cc4cnn(-c5ccc(F)cc5)c4C=C2CCN(S(=O)(=O)c2ccnn2C)C3)c1. The normalized spacial score (nSPS) is 19.3. The molecule has 6 rings (SSSR count). The van der Waals surface area contributed by atoms with E-state index in [1.807, 2.05) is 19.1 Å². The van der Waals surface area contributed by atoms with Gasteiger partial charge in [0.15, 0.2) is 10.8 Å². The number of aromatic nitrogens is 5. The van der Waals surface area contributed by atoms with Crippen molar-refractivity contribution >= 4 is 21.9 Å². The third-order valence-corrected chi connectivity index (χ3v) is 9.65. The molecule has 1 saturated heterocycles. The zero-order valence-corrected chi connectivity index (χ0v) is 22.4. The maximum absolute atomic E-state index is 14.4. The number of hydrogen-bond acceptors (Lipinski definition) is 6. The largest absolute Gasteiger partial charge is 0.291 e. The molecule has 0 radical (unpaired) electrons. The van der Waals surface area contributed by atoms with Gasteiger partial charge in [-0.2, -0.15) is 14.5 Å². The van der Waals surface area contributed by atoms with Crippen LogP contribution in [0.2, 0.25) is 0 Å². The lowest BCUT2D eigenvalue weighted by Crippen LogP contribution is -2.53. The highest BCUT2D eigenvalue weighted by molar-refractivity contribution is 7.89. The second-order valence-corrected chi connectivity index (χ2v) is 11.9. The van der Waals surface area contributed by atoms with Gasteiger partial charge in [0.25, 0.3) is 10.0 Å². The minimum absolute atomic E-state index is 0.0234. The van der Waals surface area contributed by atoms with E-state index in [1.165, 1.54) is 33.4 Å². The zero-order chi connectivity index (χ0) is 27.4. The fourth-order valence-electron chi connectivity index (χ4n) is 5.62. The molecule has 39 heavy (non-hydrogen) atoms. The lowest BCUT2D eigenvalue weighted by Gasteiger charge is -2.44. The number of pyridine rings is 1. The summed E-state index contributed by atoms with van der Waals surface area (Å²) in [6, 6.07) is 11.2. The molecule has 0 amide bonds. The number of benzene rings is 1. The Labute approximate surface area is 225 Å². The van der Waals surface area contributed by atoms with E-state index >= 15 is 0 Å². The molecule has 0 spiro atoms. The summed E-state index contributed by atoms with van der Waals surface area (Å²) in [6.07, 6.45) is 8.10. The Kier molecular flexibility index (Phi) is 6.07. The first kappa shape index (κ1) is 25.3. The molecule has 1 atom stereocenters. The monoisotopic (exact) mass is 546 g/mol. The van der Waals surface area contributed by atoms with Crippen molar-refractivity contribution < 1.29 is 17.6 Å². The number of piperidine rings is 1. The summed E-state index contributed by atoms with van der Waals surface area (Å²) in [5.74, 6) is -0.555. The molecule has 1 aliphatic carbocycles. The van der Waals surface area contributed by atoms with Crippen LogP contribution >= 0.6 is 0 Å². The molecule has 1 aliphatic heterocycles. The topological polar surface area (TPSA) is 103 Å². The van der Waals surface area contributed by atoms with Crippen molar-refractivity contribution in [3.8, 4) is 5.69 Å². The quantitative estimate of drug-likeness (QED) is 0.343. The molecule has 4 heterocycles. The molecule has 2 aliphatic rings. The number of fused-ring (bicyclic) bond motifs is 2. The smallest absolute Gasteiger partial charge is 0.260 e. The highest BCUT2D eigenvalue weighted by Crippen LogP contribution is 2.47. The van der Waals surface area contributed by atoms with Crippen LogP contribution in [0.5, 0.6) is 0 Å². The third kappa shape index (κ3) is 4.12. The molecule has 0 N–H and O–H groups in total. The predicted molar refractivity (Wildman–Crippen MR) is 142 cm³/mol. The molecule has 1 aromatic carbocycles. The molecule has 200 valence electrons. The predicted octanol–water partition coefficient (Wildman–Crippen LogP) is 3.61. The van der Waals surface area contributed by atoms with Gasteiger partial charge >= 0.3 is 0 Å². The summed E-state index contributed by atoms with van der Waals surface area (Å²) in [4.78, 5) is 18.8. The van der Waals surface area contributed by atoms with E-state index in [4.69, 9.17) is 0 Å². The van der Waals surface area contributed by atoms with Crippen LogP contribution in [0.25, 0.3) is 11.8 Å². The fourth-order valence-corrected chi connectivity index (χ4v) is 7.22. The number of halogens is 1. The van der Waals surface area contributed by atoms with Crippen LogP contribution in [0.4, 0.5) is 4.39 Å². The minimum atomic E-state index is -3.91. The molecule has 0 bridgehead atoms. The number of carbonyl (C=O) groups excluding carboxylic acids is 1. The lowest BCUT2D eigenvalue weighted by atomic mass is 9.65. The van der Waals surface area contributed by atoms with Gasteiger partial charge in [0, 0.05) is 26.3 Å². The standard InChI is InChI=1S/C28H27FN6O3S/c1-3-19-8-11-30-24(14-19)27(36)28-16-20-17-32-35(23-6-4-22(29)5-7-23)25(20)15-21(28)10-13-34(18-28)39(37,38)26-9-12-31-33(26)2/h4-9,11-12,14-15,17H,3,10,13,16,18H2,1-2H3/t28-/m0/s1. The van der Waals surface area contributed by atoms with E-state index in [0.29, 0.717) is 17.8 Å². The van der Waals surface area contributed by atoms with Crippen LogP contribution in [0, 0.1) is 11.2 Å². The number of aryl methyl sites for hydroxylation is 2. The van der Waals surface area contributed by atoms with Gasteiger partial charge in [-0.25, -0.2) is 17.5 Å². The highest BCUT2D eigenvalue weighted by Gasteiger charge is 2.51. The average molecular weight is 547 g/mol. The van der Waals surface area contributed by atoms with Gasteiger partial charge in [0.1, 0.15) is 11.5 Å². The molecule has 11 heteroatoms.